The molecular formula is C46H29N3S. The second-order valence-corrected chi connectivity index (χ2v) is 13.6. The predicted molar refractivity (Wildman–Crippen MR) is 211 cm³/mol. The summed E-state index contributed by atoms with van der Waals surface area (Å²) in [6, 6.07) is 62.5. The monoisotopic (exact) mass is 655 g/mol. The van der Waals surface area contributed by atoms with Crippen molar-refractivity contribution in [3.05, 3.63) is 176 Å². The molecule has 4 heteroatoms. The van der Waals surface area contributed by atoms with E-state index in [4.69, 9.17) is 9.97 Å². The predicted octanol–water partition coefficient (Wildman–Crippen LogP) is 12.6. The maximum atomic E-state index is 5.21. The molecule has 3 heterocycles. The summed E-state index contributed by atoms with van der Waals surface area (Å²) in [4.78, 5) is 10.4. The van der Waals surface area contributed by atoms with Crippen molar-refractivity contribution in [2.24, 2.45) is 0 Å². The summed E-state index contributed by atoms with van der Waals surface area (Å²) >= 11 is 1.79. The Labute approximate surface area is 293 Å². The molecule has 0 aliphatic rings. The minimum absolute atomic E-state index is 0.742. The number of rotatable bonds is 5. The number of benzene rings is 7. The van der Waals surface area contributed by atoms with Crippen LogP contribution in [0.15, 0.2) is 176 Å². The zero-order chi connectivity index (χ0) is 33.0. The van der Waals surface area contributed by atoms with Crippen LogP contribution in [0.1, 0.15) is 0 Å². The fourth-order valence-electron chi connectivity index (χ4n) is 7.35. The van der Waals surface area contributed by atoms with Crippen LogP contribution < -0.4 is 0 Å². The third-order valence-electron chi connectivity index (χ3n) is 9.61. The Kier molecular flexibility index (Phi) is 6.68. The van der Waals surface area contributed by atoms with Crippen molar-refractivity contribution in [2.45, 2.75) is 0 Å². The van der Waals surface area contributed by atoms with E-state index in [1.807, 2.05) is 18.2 Å². The van der Waals surface area contributed by atoms with E-state index in [1.54, 1.807) is 11.3 Å². The molecule has 0 bridgehead atoms. The summed E-state index contributed by atoms with van der Waals surface area (Å²) in [5.74, 6) is 0.742. The molecule has 0 saturated heterocycles. The van der Waals surface area contributed by atoms with E-state index in [2.05, 4.69) is 162 Å². The molecule has 0 N–H and O–H groups in total. The van der Waals surface area contributed by atoms with Crippen LogP contribution in [0.4, 0.5) is 0 Å². The van der Waals surface area contributed by atoms with Gasteiger partial charge in [0, 0.05) is 43.2 Å². The van der Waals surface area contributed by atoms with Crippen LogP contribution in [-0.2, 0) is 0 Å². The van der Waals surface area contributed by atoms with Crippen molar-refractivity contribution in [2.75, 3.05) is 0 Å². The highest BCUT2D eigenvalue weighted by atomic mass is 32.1. The molecule has 0 aliphatic heterocycles. The van der Waals surface area contributed by atoms with Gasteiger partial charge in [-0.2, -0.15) is 0 Å². The Bertz CT molecular complexity index is 2850. The molecule has 0 spiro atoms. The van der Waals surface area contributed by atoms with E-state index in [0.717, 1.165) is 43.9 Å². The Morgan fingerprint density at radius 1 is 0.420 bits per heavy atom. The third-order valence-corrected chi connectivity index (χ3v) is 10.8. The lowest BCUT2D eigenvalue weighted by Crippen LogP contribution is -1.95. The van der Waals surface area contributed by atoms with Gasteiger partial charge < -0.3 is 4.57 Å². The van der Waals surface area contributed by atoms with Gasteiger partial charge >= 0.3 is 0 Å². The number of fused-ring (bicyclic) bond motifs is 6. The zero-order valence-corrected chi connectivity index (χ0v) is 27.8. The topological polar surface area (TPSA) is 30.7 Å². The average molecular weight is 656 g/mol. The highest BCUT2D eigenvalue weighted by molar-refractivity contribution is 7.26. The zero-order valence-electron chi connectivity index (χ0n) is 27.0. The molecule has 0 fully saturated rings. The highest BCUT2D eigenvalue weighted by Crippen LogP contribution is 2.44. The van der Waals surface area contributed by atoms with E-state index < -0.39 is 0 Å². The van der Waals surface area contributed by atoms with Crippen LogP contribution in [0.25, 0.3) is 92.7 Å². The van der Waals surface area contributed by atoms with E-state index in [9.17, 15) is 0 Å². The van der Waals surface area contributed by atoms with Gasteiger partial charge in [0.2, 0.25) is 0 Å². The number of nitrogens with zero attached hydrogens (tertiary/aromatic N) is 3. The van der Waals surface area contributed by atoms with Crippen LogP contribution in [0.5, 0.6) is 0 Å². The van der Waals surface area contributed by atoms with Crippen molar-refractivity contribution in [3.63, 3.8) is 0 Å². The first-order valence-electron chi connectivity index (χ1n) is 16.8. The molecule has 7 aromatic carbocycles. The van der Waals surface area contributed by atoms with E-state index >= 15 is 0 Å². The molecule has 0 unspecified atom stereocenters. The summed E-state index contributed by atoms with van der Waals surface area (Å²) in [6.07, 6.45) is 0. The van der Waals surface area contributed by atoms with Crippen LogP contribution in [-0.4, -0.2) is 14.5 Å². The minimum atomic E-state index is 0.742. The second-order valence-electron chi connectivity index (χ2n) is 12.6. The second kappa shape index (κ2) is 11.7. The van der Waals surface area contributed by atoms with Crippen molar-refractivity contribution in [1.82, 2.24) is 14.5 Å². The van der Waals surface area contributed by atoms with Gasteiger partial charge in [0.15, 0.2) is 5.82 Å². The number of para-hydroxylation sites is 3. The van der Waals surface area contributed by atoms with Crippen LogP contribution in [0, 0.1) is 0 Å². The summed E-state index contributed by atoms with van der Waals surface area (Å²) in [5.41, 5.74) is 12.4. The first-order chi connectivity index (χ1) is 24.8. The number of hydrogen-bond acceptors (Lipinski definition) is 3. The SMILES string of the molecule is c1ccc(-c2nc(-c3ccccc3)c3sc4c(-c5cccc(-c6cccc7c8ccccc8n(-c8ccccc8)c67)c5)cccc4c3n2)cc1. The number of hydrogen-bond donors (Lipinski definition) is 0. The normalized spacial score (nSPS) is 11.6. The summed E-state index contributed by atoms with van der Waals surface area (Å²) < 4.78 is 4.73. The maximum Gasteiger partial charge on any atom is 0.160 e. The Morgan fingerprint density at radius 2 is 1.00 bits per heavy atom. The largest absolute Gasteiger partial charge is 0.309 e. The van der Waals surface area contributed by atoms with Gasteiger partial charge in [0.1, 0.15) is 0 Å². The molecule has 10 rings (SSSR count). The molecule has 50 heavy (non-hydrogen) atoms. The van der Waals surface area contributed by atoms with Crippen molar-refractivity contribution < 1.29 is 0 Å². The van der Waals surface area contributed by atoms with Gasteiger partial charge in [-0.1, -0.05) is 152 Å². The summed E-state index contributed by atoms with van der Waals surface area (Å²) in [6.45, 7) is 0. The molecule has 0 amide bonds. The van der Waals surface area contributed by atoms with Gasteiger partial charge in [0.05, 0.1) is 26.9 Å². The molecule has 0 saturated carbocycles. The first kappa shape index (κ1) is 28.6. The molecule has 0 atom stereocenters. The standard InChI is InChI=1S/C46H29N3S/c1-4-15-30(16-5-1)41-45-42(48-46(47-41)31-17-6-2-7-18-31)39-27-14-25-36(44(39)50-45)33-20-12-19-32(29-33)35-24-13-26-38-37-23-10-11-28-40(37)49(43(35)38)34-21-8-3-9-22-34/h1-29H. The smallest absolute Gasteiger partial charge is 0.160 e. The van der Waals surface area contributed by atoms with Gasteiger partial charge in [-0.25, -0.2) is 9.97 Å². The maximum absolute atomic E-state index is 5.21. The molecule has 0 radical (unpaired) electrons. The third kappa shape index (κ3) is 4.57. The Balaban J connectivity index is 1.19. The number of aromatic nitrogens is 3. The van der Waals surface area contributed by atoms with Gasteiger partial charge in [-0.3, -0.25) is 0 Å². The number of thiophene rings is 1. The lowest BCUT2D eigenvalue weighted by Gasteiger charge is -2.13. The first-order valence-corrected chi connectivity index (χ1v) is 17.7. The fraction of sp³-hybridized carbons (Fsp3) is 0. The van der Waals surface area contributed by atoms with Gasteiger partial charge in [-0.15, -0.1) is 11.3 Å². The Morgan fingerprint density at radius 3 is 1.78 bits per heavy atom. The fourth-order valence-corrected chi connectivity index (χ4v) is 8.64. The molecule has 10 aromatic rings. The van der Waals surface area contributed by atoms with Crippen molar-refractivity contribution in [1.29, 1.82) is 0 Å². The van der Waals surface area contributed by atoms with Gasteiger partial charge in [0.25, 0.3) is 0 Å². The van der Waals surface area contributed by atoms with Crippen molar-refractivity contribution >= 4 is 53.4 Å². The lowest BCUT2D eigenvalue weighted by atomic mass is 9.96. The van der Waals surface area contributed by atoms with E-state index in [0.29, 0.717) is 0 Å². The van der Waals surface area contributed by atoms with Crippen LogP contribution in [0.3, 0.4) is 0 Å². The molecule has 0 aliphatic carbocycles. The highest BCUT2D eigenvalue weighted by Gasteiger charge is 2.20. The van der Waals surface area contributed by atoms with E-state index in [-0.39, 0.29) is 0 Å². The molecular weight excluding hydrogens is 627 g/mol. The molecule has 3 aromatic heterocycles. The molecule has 234 valence electrons. The van der Waals surface area contributed by atoms with Gasteiger partial charge in [-0.05, 0) is 41.0 Å². The minimum Gasteiger partial charge on any atom is -0.309 e. The quantitative estimate of drug-likeness (QED) is 0.185. The van der Waals surface area contributed by atoms with Crippen LogP contribution in [0.2, 0.25) is 0 Å². The average Bonchev–Trinajstić information content (AvgIpc) is 3.75. The summed E-state index contributed by atoms with van der Waals surface area (Å²) in [7, 11) is 0. The van der Waals surface area contributed by atoms with Crippen LogP contribution >= 0.6 is 11.3 Å². The molecule has 3 nitrogen and oxygen atoms in total. The van der Waals surface area contributed by atoms with Crippen molar-refractivity contribution in [3.8, 4) is 50.6 Å². The lowest BCUT2D eigenvalue weighted by molar-refractivity contribution is 1.18. The summed E-state index contributed by atoms with van der Waals surface area (Å²) in [5, 5.41) is 3.65. The van der Waals surface area contributed by atoms with E-state index in [1.165, 1.54) is 48.8 Å². The Hall–Kier alpha value is -6.36.